The van der Waals surface area contributed by atoms with Gasteiger partial charge in [-0.1, -0.05) is 46.0 Å². The van der Waals surface area contributed by atoms with Gasteiger partial charge in [0.05, 0.1) is 0 Å². The van der Waals surface area contributed by atoms with Crippen molar-refractivity contribution in [2.24, 2.45) is 5.92 Å². The molecule has 1 rings (SSSR count). The van der Waals surface area contributed by atoms with Gasteiger partial charge in [0.15, 0.2) is 0 Å². The quantitative estimate of drug-likeness (QED) is 0.769. The van der Waals surface area contributed by atoms with Gasteiger partial charge in [-0.3, -0.25) is 4.79 Å². The van der Waals surface area contributed by atoms with Gasteiger partial charge in [-0.15, -0.1) is 11.8 Å². The zero-order valence-electron chi connectivity index (χ0n) is 10.4. The lowest BCUT2D eigenvalue weighted by molar-refractivity contribution is -0.137. The van der Waals surface area contributed by atoms with Gasteiger partial charge < -0.3 is 5.11 Å². The van der Waals surface area contributed by atoms with E-state index in [1.165, 1.54) is 32.1 Å². The Bertz CT molecular complexity index is 208. The number of rotatable bonds is 6. The SMILES string of the molecule is CCC(CC)C(SC1CCCCC1)C(=O)O. The predicted molar refractivity (Wildman–Crippen MR) is 70.0 cm³/mol. The highest BCUT2D eigenvalue weighted by molar-refractivity contribution is 8.01. The molecule has 0 aromatic rings. The molecular formula is C13H24O2S. The Balaban J connectivity index is 2.52. The van der Waals surface area contributed by atoms with Crippen LogP contribution in [0.25, 0.3) is 0 Å². The van der Waals surface area contributed by atoms with Gasteiger partial charge in [-0.05, 0) is 18.8 Å². The molecule has 0 spiro atoms. The van der Waals surface area contributed by atoms with Gasteiger partial charge in [0.2, 0.25) is 0 Å². The average Bonchev–Trinajstić information content (AvgIpc) is 2.30. The molecule has 0 amide bonds. The topological polar surface area (TPSA) is 37.3 Å². The lowest BCUT2D eigenvalue weighted by Crippen LogP contribution is -2.29. The fourth-order valence-corrected chi connectivity index (χ4v) is 4.24. The van der Waals surface area contributed by atoms with Crippen molar-refractivity contribution in [3.05, 3.63) is 0 Å². The van der Waals surface area contributed by atoms with Crippen LogP contribution in [0.2, 0.25) is 0 Å². The molecule has 0 heterocycles. The molecule has 1 atom stereocenters. The second kappa shape index (κ2) is 7.21. The van der Waals surface area contributed by atoms with Gasteiger partial charge in [-0.25, -0.2) is 0 Å². The molecule has 1 saturated carbocycles. The summed E-state index contributed by atoms with van der Waals surface area (Å²) in [6.45, 7) is 4.21. The van der Waals surface area contributed by atoms with E-state index in [1.807, 2.05) is 0 Å². The van der Waals surface area contributed by atoms with Gasteiger partial charge in [0.1, 0.15) is 5.25 Å². The molecule has 1 aliphatic rings. The normalized spacial score (nSPS) is 19.9. The first-order valence-corrected chi connectivity index (χ1v) is 7.51. The smallest absolute Gasteiger partial charge is 0.316 e. The molecule has 0 saturated heterocycles. The Kier molecular flexibility index (Phi) is 6.25. The molecule has 0 radical (unpaired) electrons. The Morgan fingerprint density at radius 3 is 2.25 bits per heavy atom. The minimum atomic E-state index is -0.607. The van der Waals surface area contributed by atoms with Crippen molar-refractivity contribution in [2.75, 3.05) is 0 Å². The van der Waals surface area contributed by atoms with Crippen LogP contribution >= 0.6 is 11.8 Å². The van der Waals surface area contributed by atoms with E-state index in [0.29, 0.717) is 11.2 Å². The van der Waals surface area contributed by atoms with Crippen molar-refractivity contribution in [1.29, 1.82) is 0 Å². The summed E-state index contributed by atoms with van der Waals surface area (Å²) in [6, 6.07) is 0. The van der Waals surface area contributed by atoms with Crippen LogP contribution in [-0.2, 0) is 4.79 Å². The highest BCUT2D eigenvalue weighted by atomic mass is 32.2. The Labute approximate surface area is 103 Å². The number of carboxylic acid groups (broad SMARTS) is 1. The standard InChI is InChI=1S/C13H24O2S/c1-3-10(4-2)12(13(14)15)16-11-8-6-5-7-9-11/h10-12H,3-9H2,1-2H3,(H,14,15). The first kappa shape index (κ1) is 13.9. The minimum absolute atomic E-state index is 0.182. The van der Waals surface area contributed by atoms with Crippen LogP contribution in [0.4, 0.5) is 0 Å². The Hall–Kier alpha value is -0.180. The molecule has 94 valence electrons. The van der Waals surface area contributed by atoms with Crippen LogP contribution in [-0.4, -0.2) is 21.6 Å². The van der Waals surface area contributed by atoms with Crippen molar-refractivity contribution < 1.29 is 9.90 Å². The number of hydrogen-bond acceptors (Lipinski definition) is 2. The van der Waals surface area contributed by atoms with E-state index < -0.39 is 5.97 Å². The van der Waals surface area contributed by atoms with Crippen molar-refractivity contribution in [3.8, 4) is 0 Å². The van der Waals surface area contributed by atoms with Crippen molar-refractivity contribution >= 4 is 17.7 Å². The zero-order chi connectivity index (χ0) is 12.0. The summed E-state index contributed by atoms with van der Waals surface area (Å²) in [6.07, 6.45) is 8.29. The van der Waals surface area contributed by atoms with Crippen molar-refractivity contribution in [1.82, 2.24) is 0 Å². The maximum atomic E-state index is 11.3. The maximum absolute atomic E-state index is 11.3. The summed E-state index contributed by atoms with van der Waals surface area (Å²) in [4.78, 5) is 11.3. The Morgan fingerprint density at radius 2 is 1.81 bits per heavy atom. The molecular weight excluding hydrogens is 220 g/mol. The molecule has 3 heteroatoms. The van der Waals surface area contributed by atoms with Gasteiger partial charge in [0.25, 0.3) is 0 Å². The number of thioether (sulfide) groups is 1. The van der Waals surface area contributed by atoms with Crippen LogP contribution in [0.1, 0.15) is 58.8 Å². The summed E-state index contributed by atoms with van der Waals surface area (Å²) >= 11 is 1.73. The van der Waals surface area contributed by atoms with Crippen LogP contribution in [0, 0.1) is 5.92 Å². The number of aliphatic carboxylic acids is 1. The van der Waals surface area contributed by atoms with Crippen molar-refractivity contribution in [2.45, 2.75) is 69.3 Å². The molecule has 0 aliphatic heterocycles. The molecule has 0 aromatic carbocycles. The maximum Gasteiger partial charge on any atom is 0.316 e. The van der Waals surface area contributed by atoms with Gasteiger partial charge in [-0.2, -0.15) is 0 Å². The third kappa shape index (κ3) is 4.00. The second-order valence-corrected chi connectivity index (χ2v) is 6.18. The molecule has 0 bridgehead atoms. The van der Waals surface area contributed by atoms with E-state index in [9.17, 15) is 9.90 Å². The molecule has 0 aromatic heterocycles. The summed E-state index contributed by atoms with van der Waals surface area (Å²) in [5, 5.41) is 9.73. The van der Waals surface area contributed by atoms with Crippen LogP contribution in [0.3, 0.4) is 0 Å². The highest BCUT2D eigenvalue weighted by Gasteiger charge is 2.29. The van der Waals surface area contributed by atoms with E-state index in [2.05, 4.69) is 13.8 Å². The summed E-state index contributed by atoms with van der Waals surface area (Å²) in [7, 11) is 0. The lowest BCUT2D eigenvalue weighted by atomic mass is 9.99. The third-order valence-electron chi connectivity index (χ3n) is 3.61. The average molecular weight is 244 g/mol. The van der Waals surface area contributed by atoms with Gasteiger partial charge in [0, 0.05) is 5.25 Å². The predicted octanol–water partition coefficient (Wildman–Crippen LogP) is 3.94. The van der Waals surface area contributed by atoms with Gasteiger partial charge >= 0.3 is 5.97 Å². The first-order valence-electron chi connectivity index (χ1n) is 6.57. The van der Waals surface area contributed by atoms with E-state index >= 15 is 0 Å². The van der Waals surface area contributed by atoms with E-state index in [0.717, 1.165) is 12.8 Å². The van der Waals surface area contributed by atoms with Crippen LogP contribution in [0.15, 0.2) is 0 Å². The first-order chi connectivity index (χ1) is 7.69. The third-order valence-corrected chi connectivity index (χ3v) is 5.35. The summed E-state index contributed by atoms with van der Waals surface area (Å²) < 4.78 is 0. The van der Waals surface area contributed by atoms with Crippen LogP contribution in [0.5, 0.6) is 0 Å². The monoisotopic (exact) mass is 244 g/mol. The minimum Gasteiger partial charge on any atom is -0.480 e. The Morgan fingerprint density at radius 1 is 1.25 bits per heavy atom. The molecule has 16 heavy (non-hydrogen) atoms. The number of hydrogen-bond donors (Lipinski definition) is 1. The van der Waals surface area contributed by atoms with E-state index in [1.54, 1.807) is 11.8 Å². The molecule has 1 unspecified atom stereocenters. The number of carboxylic acids is 1. The van der Waals surface area contributed by atoms with E-state index in [4.69, 9.17) is 0 Å². The van der Waals surface area contributed by atoms with E-state index in [-0.39, 0.29) is 5.25 Å². The summed E-state index contributed by atoms with van der Waals surface area (Å²) in [5.41, 5.74) is 0. The second-order valence-electron chi connectivity index (χ2n) is 4.73. The van der Waals surface area contributed by atoms with Crippen molar-refractivity contribution in [3.63, 3.8) is 0 Å². The fourth-order valence-electron chi connectivity index (χ4n) is 2.50. The summed E-state index contributed by atoms with van der Waals surface area (Å²) in [5.74, 6) is -0.270. The molecule has 2 nitrogen and oxygen atoms in total. The fraction of sp³-hybridized carbons (Fsp3) is 0.923. The molecule has 1 fully saturated rings. The molecule has 1 N–H and O–H groups in total. The number of carbonyl (C=O) groups is 1. The lowest BCUT2D eigenvalue weighted by Gasteiger charge is -2.28. The highest BCUT2D eigenvalue weighted by Crippen LogP contribution is 2.35. The molecule has 1 aliphatic carbocycles. The largest absolute Gasteiger partial charge is 0.480 e. The van der Waals surface area contributed by atoms with Crippen LogP contribution < -0.4 is 0 Å². The zero-order valence-corrected chi connectivity index (χ0v) is 11.3.